The van der Waals surface area contributed by atoms with Gasteiger partial charge in [0.15, 0.2) is 11.6 Å². The smallest absolute Gasteiger partial charge is 0.313 e. The molecule has 0 radical (unpaired) electrons. The van der Waals surface area contributed by atoms with Crippen LogP contribution in [0.2, 0.25) is 0 Å². The van der Waals surface area contributed by atoms with Gasteiger partial charge in [-0.05, 0) is 35.4 Å². The summed E-state index contributed by atoms with van der Waals surface area (Å²) in [4.78, 5) is 11.5. The summed E-state index contributed by atoms with van der Waals surface area (Å²) in [5.41, 5.74) is 1.54. The molecular weight excluding hydrogens is 287 g/mol. The molecule has 0 unspecified atom stereocenters. The van der Waals surface area contributed by atoms with Gasteiger partial charge in [-0.2, -0.15) is 0 Å². The molecule has 0 heterocycles. The van der Waals surface area contributed by atoms with E-state index >= 15 is 0 Å². The molecule has 0 bridgehead atoms. The summed E-state index contributed by atoms with van der Waals surface area (Å²) in [5, 5.41) is 0. The highest BCUT2D eigenvalue weighted by molar-refractivity contribution is 5.73. The molecule has 0 spiro atoms. The zero-order valence-corrected chi connectivity index (χ0v) is 12.5. The lowest BCUT2D eigenvalue weighted by Crippen LogP contribution is -2.11. The number of methoxy groups -OCH3 is 2. The van der Waals surface area contributed by atoms with Gasteiger partial charge in [-0.15, -0.1) is 0 Å². The first-order chi connectivity index (χ1) is 10.6. The standard InChI is InChI=1S/C17H17FO4/c1-20-10-9-17(19)22-16-8-5-13(11-15(16)18)12-3-6-14(21-2)7-4-12/h3-8,11H,9-10H2,1-2H3. The van der Waals surface area contributed by atoms with Crippen molar-refractivity contribution < 1.29 is 23.4 Å². The summed E-state index contributed by atoms with van der Waals surface area (Å²) in [5.74, 6) is -0.469. The van der Waals surface area contributed by atoms with Gasteiger partial charge in [0.05, 0.1) is 20.1 Å². The van der Waals surface area contributed by atoms with E-state index in [9.17, 15) is 9.18 Å². The molecule has 4 nitrogen and oxygen atoms in total. The predicted octanol–water partition coefficient (Wildman–Crippen LogP) is 3.44. The molecule has 2 aromatic rings. The van der Waals surface area contributed by atoms with Gasteiger partial charge < -0.3 is 14.2 Å². The SMILES string of the molecule is COCCC(=O)Oc1ccc(-c2ccc(OC)cc2)cc1F. The van der Waals surface area contributed by atoms with Crippen molar-refractivity contribution in [1.29, 1.82) is 0 Å². The number of rotatable bonds is 6. The number of carbonyl (C=O) groups excluding carboxylic acids is 1. The second kappa shape index (κ2) is 7.56. The average molecular weight is 304 g/mol. The van der Waals surface area contributed by atoms with Gasteiger partial charge in [-0.1, -0.05) is 18.2 Å². The quantitative estimate of drug-likeness (QED) is 0.606. The Morgan fingerprint density at radius 3 is 2.32 bits per heavy atom. The fourth-order valence-corrected chi connectivity index (χ4v) is 1.91. The lowest BCUT2D eigenvalue weighted by Gasteiger charge is -2.08. The largest absolute Gasteiger partial charge is 0.497 e. The molecule has 0 aromatic heterocycles. The Morgan fingerprint density at radius 1 is 1.05 bits per heavy atom. The third kappa shape index (κ3) is 4.05. The van der Waals surface area contributed by atoms with Gasteiger partial charge in [0.1, 0.15) is 5.75 Å². The Labute approximate surface area is 128 Å². The Bertz CT molecular complexity index is 638. The zero-order chi connectivity index (χ0) is 15.9. The maximum absolute atomic E-state index is 14.0. The van der Waals surface area contributed by atoms with Crippen molar-refractivity contribution in [2.24, 2.45) is 0 Å². The van der Waals surface area contributed by atoms with Crippen LogP contribution >= 0.6 is 0 Å². The number of hydrogen-bond donors (Lipinski definition) is 0. The normalized spacial score (nSPS) is 10.3. The van der Waals surface area contributed by atoms with Crippen LogP contribution < -0.4 is 9.47 Å². The third-order valence-corrected chi connectivity index (χ3v) is 3.09. The summed E-state index contributed by atoms with van der Waals surface area (Å²) < 4.78 is 28.8. The van der Waals surface area contributed by atoms with E-state index in [1.165, 1.54) is 19.2 Å². The second-order valence-electron chi connectivity index (χ2n) is 4.59. The molecular formula is C17H17FO4. The van der Waals surface area contributed by atoms with E-state index in [2.05, 4.69) is 0 Å². The lowest BCUT2D eigenvalue weighted by molar-refractivity contribution is -0.135. The number of ether oxygens (including phenoxy) is 3. The molecule has 0 atom stereocenters. The summed E-state index contributed by atoms with van der Waals surface area (Å²) in [6.07, 6.45) is 0.0795. The summed E-state index contributed by atoms with van der Waals surface area (Å²) in [6.45, 7) is 0.240. The van der Waals surface area contributed by atoms with Crippen molar-refractivity contribution in [3.8, 4) is 22.6 Å². The maximum Gasteiger partial charge on any atom is 0.313 e. The number of hydrogen-bond acceptors (Lipinski definition) is 4. The van der Waals surface area contributed by atoms with Crippen molar-refractivity contribution in [2.75, 3.05) is 20.8 Å². The van der Waals surface area contributed by atoms with E-state index < -0.39 is 11.8 Å². The average Bonchev–Trinajstić information content (AvgIpc) is 2.55. The Kier molecular flexibility index (Phi) is 5.49. The first kappa shape index (κ1) is 16.0. The fourth-order valence-electron chi connectivity index (χ4n) is 1.91. The van der Waals surface area contributed by atoms with Crippen LogP contribution in [0, 0.1) is 5.82 Å². The highest BCUT2D eigenvalue weighted by atomic mass is 19.1. The minimum Gasteiger partial charge on any atom is -0.497 e. The van der Waals surface area contributed by atoms with Crippen molar-refractivity contribution in [2.45, 2.75) is 6.42 Å². The number of benzene rings is 2. The number of halogens is 1. The maximum atomic E-state index is 14.0. The van der Waals surface area contributed by atoms with Gasteiger partial charge in [0.25, 0.3) is 0 Å². The Hall–Kier alpha value is -2.40. The van der Waals surface area contributed by atoms with Crippen LogP contribution in [0.4, 0.5) is 4.39 Å². The summed E-state index contributed by atoms with van der Waals surface area (Å²) in [6, 6.07) is 11.7. The van der Waals surface area contributed by atoms with Crippen molar-refractivity contribution >= 4 is 5.97 Å². The molecule has 2 rings (SSSR count). The van der Waals surface area contributed by atoms with E-state index in [1.54, 1.807) is 25.3 Å². The van der Waals surface area contributed by atoms with Gasteiger partial charge >= 0.3 is 5.97 Å². The highest BCUT2D eigenvalue weighted by Crippen LogP contribution is 2.27. The minimum absolute atomic E-state index is 0.0795. The van der Waals surface area contributed by atoms with Crippen LogP contribution in [-0.4, -0.2) is 26.8 Å². The van der Waals surface area contributed by atoms with Crippen LogP contribution in [0.1, 0.15) is 6.42 Å². The van der Waals surface area contributed by atoms with Crippen LogP contribution in [0.5, 0.6) is 11.5 Å². The van der Waals surface area contributed by atoms with Crippen LogP contribution in [0.3, 0.4) is 0 Å². The Morgan fingerprint density at radius 2 is 1.73 bits per heavy atom. The van der Waals surface area contributed by atoms with E-state index in [1.807, 2.05) is 12.1 Å². The van der Waals surface area contributed by atoms with Crippen LogP contribution in [0.25, 0.3) is 11.1 Å². The van der Waals surface area contributed by atoms with E-state index in [0.717, 1.165) is 11.3 Å². The van der Waals surface area contributed by atoms with Gasteiger partial charge in [0.2, 0.25) is 0 Å². The van der Waals surface area contributed by atoms with Crippen molar-refractivity contribution in [1.82, 2.24) is 0 Å². The number of carbonyl (C=O) groups is 1. The van der Waals surface area contributed by atoms with Gasteiger partial charge in [0, 0.05) is 7.11 Å². The highest BCUT2D eigenvalue weighted by Gasteiger charge is 2.11. The first-order valence-electron chi connectivity index (χ1n) is 6.77. The topological polar surface area (TPSA) is 44.8 Å². The second-order valence-corrected chi connectivity index (χ2v) is 4.59. The molecule has 0 N–H and O–H groups in total. The molecule has 5 heteroatoms. The molecule has 0 saturated carbocycles. The molecule has 0 fully saturated rings. The lowest BCUT2D eigenvalue weighted by atomic mass is 10.1. The first-order valence-corrected chi connectivity index (χ1v) is 6.77. The van der Waals surface area contributed by atoms with Crippen LogP contribution in [0.15, 0.2) is 42.5 Å². The van der Waals surface area contributed by atoms with Crippen LogP contribution in [-0.2, 0) is 9.53 Å². The summed E-state index contributed by atoms with van der Waals surface area (Å²) >= 11 is 0. The molecule has 116 valence electrons. The molecule has 2 aromatic carbocycles. The monoisotopic (exact) mass is 304 g/mol. The van der Waals surface area contributed by atoms with Crippen molar-refractivity contribution in [3.63, 3.8) is 0 Å². The molecule has 0 amide bonds. The van der Waals surface area contributed by atoms with Crippen molar-refractivity contribution in [3.05, 3.63) is 48.3 Å². The Balaban J connectivity index is 2.13. The van der Waals surface area contributed by atoms with Gasteiger partial charge in [-0.25, -0.2) is 4.39 Å². The molecule has 0 saturated heterocycles. The van der Waals surface area contributed by atoms with Gasteiger partial charge in [-0.3, -0.25) is 4.79 Å². The van der Waals surface area contributed by atoms with E-state index in [0.29, 0.717) is 5.56 Å². The predicted molar refractivity (Wildman–Crippen MR) is 80.5 cm³/mol. The zero-order valence-electron chi connectivity index (χ0n) is 12.5. The third-order valence-electron chi connectivity index (χ3n) is 3.09. The number of esters is 1. The van der Waals surface area contributed by atoms with E-state index in [-0.39, 0.29) is 18.8 Å². The molecule has 0 aliphatic rings. The van der Waals surface area contributed by atoms with E-state index in [4.69, 9.17) is 14.2 Å². The fraction of sp³-hybridized carbons (Fsp3) is 0.235. The summed E-state index contributed by atoms with van der Waals surface area (Å²) in [7, 11) is 3.07. The molecule has 0 aliphatic carbocycles. The minimum atomic E-state index is -0.584. The molecule has 22 heavy (non-hydrogen) atoms. The molecule has 0 aliphatic heterocycles.